The van der Waals surface area contributed by atoms with Crippen LogP contribution in [0.15, 0.2) is 30.3 Å². The van der Waals surface area contributed by atoms with E-state index in [1.807, 2.05) is 24.3 Å². The number of rotatable bonds is 7. The highest BCUT2D eigenvalue weighted by atomic mass is 32.1. The summed E-state index contributed by atoms with van der Waals surface area (Å²) in [5, 5.41) is 0. The number of methoxy groups -OCH3 is 1. The second-order valence-electron chi connectivity index (χ2n) is 3.32. The maximum atomic E-state index is 5.47. The standard InChI is InChI=1S/C13H18O2S/c1-14-9-10-15-13-7-5-12(6-8-13)4-2-3-11-16/h2,4-8,16H,3,9-11H2,1H3. The molecular formula is C13H18O2S. The number of ether oxygens (including phenoxy) is 2. The Bertz CT molecular complexity index is 306. The van der Waals surface area contributed by atoms with Crippen molar-refractivity contribution in [1.29, 1.82) is 0 Å². The Morgan fingerprint density at radius 1 is 1.19 bits per heavy atom. The Morgan fingerprint density at radius 2 is 1.94 bits per heavy atom. The molecule has 88 valence electrons. The van der Waals surface area contributed by atoms with E-state index < -0.39 is 0 Å². The highest BCUT2D eigenvalue weighted by molar-refractivity contribution is 7.80. The van der Waals surface area contributed by atoms with Crippen molar-refractivity contribution >= 4 is 18.7 Å². The van der Waals surface area contributed by atoms with Crippen molar-refractivity contribution in [2.24, 2.45) is 0 Å². The minimum Gasteiger partial charge on any atom is -0.491 e. The third-order valence-electron chi connectivity index (χ3n) is 2.04. The molecule has 1 rings (SSSR count). The Labute approximate surface area is 103 Å². The lowest BCUT2D eigenvalue weighted by Crippen LogP contribution is -2.03. The van der Waals surface area contributed by atoms with Crippen molar-refractivity contribution in [2.75, 3.05) is 26.1 Å². The number of hydrogen-bond donors (Lipinski definition) is 1. The van der Waals surface area contributed by atoms with E-state index in [-0.39, 0.29) is 0 Å². The number of thiol groups is 1. The fourth-order valence-corrected chi connectivity index (χ4v) is 1.36. The highest BCUT2D eigenvalue weighted by Crippen LogP contribution is 2.13. The predicted molar refractivity (Wildman–Crippen MR) is 71.3 cm³/mol. The van der Waals surface area contributed by atoms with Gasteiger partial charge in [-0.3, -0.25) is 0 Å². The van der Waals surface area contributed by atoms with E-state index in [9.17, 15) is 0 Å². The van der Waals surface area contributed by atoms with E-state index in [0.717, 1.165) is 17.9 Å². The number of hydrogen-bond acceptors (Lipinski definition) is 3. The van der Waals surface area contributed by atoms with E-state index in [0.29, 0.717) is 13.2 Å². The molecular weight excluding hydrogens is 220 g/mol. The molecule has 0 amide bonds. The Kier molecular flexibility index (Phi) is 6.77. The third kappa shape index (κ3) is 5.24. The minimum atomic E-state index is 0.589. The monoisotopic (exact) mass is 238 g/mol. The SMILES string of the molecule is COCCOc1ccc(C=CCCS)cc1. The van der Waals surface area contributed by atoms with Crippen molar-refractivity contribution in [3.63, 3.8) is 0 Å². The summed E-state index contributed by atoms with van der Waals surface area (Å²) in [5.41, 5.74) is 1.18. The van der Waals surface area contributed by atoms with Gasteiger partial charge in [0.25, 0.3) is 0 Å². The summed E-state index contributed by atoms with van der Waals surface area (Å²) in [7, 11) is 1.67. The van der Waals surface area contributed by atoms with E-state index in [4.69, 9.17) is 9.47 Å². The van der Waals surface area contributed by atoms with Gasteiger partial charge in [-0.1, -0.05) is 24.3 Å². The fraction of sp³-hybridized carbons (Fsp3) is 0.385. The van der Waals surface area contributed by atoms with Crippen LogP contribution >= 0.6 is 12.6 Å². The van der Waals surface area contributed by atoms with Crippen molar-refractivity contribution in [3.05, 3.63) is 35.9 Å². The van der Waals surface area contributed by atoms with Crippen molar-refractivity contribution in [3.8, 4) is 5.75 Å². The van der Waals surface area contributed by atoms with Gasteiger partial charge in [0.05, 0.1) is 6.61 Å². The first kappa shape index (κ1) is 13.1. The van der Waals surface area contributed by atoms with Crippen LogP contribution in [0.1, 0.15) is 12.0 Å². The lowest BCUT2D eigenvalue weighted by Gasteiger charge is -2.05. The first-order valence-corrected chi connectivity index (χ1v) is 5.99. The lowest BCUT2D eigenvalue weighted by atomic mass is 10.2. The quantitative estimate of drug-likeness (QED) is 0.581. The first-order chi connectivity index (χ1) is 7.86. The molecule has 0 aliphatic heterocycles. The Hall–Kier alpha value is -0.930. The molecule has 0 unspecified atom stereocenters. The highest BCUT2D eigenvalue weighted by Gasteiger charge is 1.92. The van der Waals surface area contributed by atoms with E-state index >= 15 is 0 Å². The molecule has 0 aromatic heterocycles. The maximum absolute atomic E-state index is 5.47. The van der Waals surface area contributed by atoms with Crippen molar-refractivity contribution < 1.29 is 9.47 Å². The average molecular weight is 238 g/mol. The van der Waals surface area contributed by atoms with Gasteiger partial charge in [-0.15, -0.1) is 0 Å². The van der Waals surface area contributed by atoms with Gasteiger partial charge in [0.15, 0.2) is 0 Å². The van der Waals surface area contributed by atoms with Crippen LogP contribution < -0.4 is 4.74 Å². The van der Waals surface area contributed by atoms with E-state index in [2.05, 4.69) is 24.8 Å². The van der Waals surface area contributed by atoms with Crippen LogP contribution in [0.25, 0.3) is 6.08 Å². The largest absolute Gasteiger partial charge is 0.491 e. The normalized spacial score (nSPS) is 10.9. The third-order valence-corrected chi connectivity index (χ3v) is 2.30. The van der Waals surface area contributed by atoms with Crippen LogP contribution in [0, 0.1) is 0 Å². The summed E-state index contributed by atoms with van der Waals surface area (Å²) in [6.07, 6.45) is 5.21. The van der Waals surface area contributed by atoms with Gasteiger partial charge in [0, 0.05) is 7.11 Å². The van der Waals surface area contributed by atoms with Crippen LogP contribution in [0.2, 0.25) is 0 Å². The van der Waals surface area contributed by atoms with Gasteiger partial charge >= 0.3 is 0 Å². The molecule has 0 saturated heterocycles. The summed E-state index contributed by atoms with van der Waals surface area (Å²) in [4.78, 5) is 0. The zero-order valence-electron chi connectivity index (χ0n) is 9.56. The molecule has 0 aliphatic carbocycles. The summed E-state index contributed by atoms with van der Waals surface area (Å²) < 4.78 is 10.4. The molecule has 3 heteroatoms. The molecule has 0 aliphatic rings. The molecule has 1 aromatic rings. The molecule has 0 radical (unpaired) electrons. The van der Waals surface area contributed by atoms with Crippen molar-refractivity contribution in [2.45, 2.75) is 6.42 Å². The molecule has 0 N–H and O–H groups in total. The molecule has 0 bridgehead atoms. The zero-order valence-corrected chi connectivity index (χ0v) is 10.5. The van der Waals surface area contributed by atoms with E-state index in [1.165, 1.54) is 5.56 Å². The minimum absolute atomic E-state index is 0.589. The van der Waals surface area contributed by atoms with Crippen LogP contribution in [0.4, 0.5) is 0 Å². The maximum Gasteiger partial charge on any atom is 0.119 e. The molecule has 0 heterocycles. The van der Waals surface area contributed by atoms with Gasteiger partial charge < -0.3 is 9.47 Å². The average Bonchev–Trinajstić information content (AvgIpc) is 2.32. The first-order valence-electron chi connectivity index (χ1n) is 5.36. The van der Waals surface area contributed by atoms with Crippen LogP contribution in [0.3, 0.4) is 0 Å². The second-order valence-corrected chi connectivity index (χ2v) is 3.77. The van der Waals surface area contributed by atoms with Gasteiger partial charge in [-0.25, -0.2) is 0 Å². The molecule has 0 spiro atoms. The molecule has 0 atom stereocenters. The van der Waals surface area contributed by atoms with Crippen LogP contribution in [-0.4, -0.2) is 26.1 Å². The van der Waals surface area contributed by atoms with Gasteiger partial charge in [-0.2, -0.15) is 12.6 Å². The van der Waals surface area contributed by atoms with Crippen molar-refractivity contribution in [1.82, 2.24) is 0 Å². The number of benzene rings is 1. The summed E-state index contributed by atoms with van der Waals surface area (Å²) in [5.74, 6) is 1.76. The lowest BCUT2D eigenvalue weighted by molar-refractivity contribution is 0.146. The van der Waals surface area contributed by atoms with E-state index in [1.54, 1.807) is 7.11 Å². The second kappa shape index (κ2) is 8.25. The zero-order chi connectivity index (χ0) is 11.6. The van der Waals surface area contributed by atoms with Gasteiger partial charge in [0.1, 0.15) is 12.4 Å². The van der Waals surface area contributed by atoms with Gasteiger partial charge in [-0.05, 0) is 29.9 Å². The molecule has 0 saturated carbocycles. The molecule has 0 fully saturated rings. The Balaban J connectivity index is 2.41. The van der Waals surface area contributed by atoms with Crippen LogP contribution in [0.5, 0.6) is 5.75 Å². The molecule has 16 heavy (non-hydrogen) atoms. The van der Waals surface area contributed by atoms with Gasteiger partial charge in [0.2, 0.25) is 0 Å². The predicted octanol–water partition coefficient (Wildman–Crippen LogP) is 3.04. The summed E-state index contributed by atoms with van der Waals surface area (Å²) >= 11 is 4.15. The molecule has 1 aromatic carbocycles. The fourth-order valence-electron chi connectivity index (χ4n) is 1.21. The summed E-state index contributed by atoms with van der Waals surface area (Å²) in [6, 6.07) is 8.01. The van der Waals surface area contributed by atoms with Crippen LogP contribution in [-0.2, 0) is 4.74 Å². The topological polar surface area (TPSA) is 18.5 Å². The number of allylic oxidation sites excluding steroid dienone is 1. The molecule has 2 nitrogen and oxygen atoms in total. The summed E-state index contributed by atoms with van der Waals surface area (Å²) in [6.45, 7) is 1.20. The Morgan fingerprint density at radius 3 is 2.56 bits per heavy atom. The smallest absolute Gasteiger partial charge is 0.119 e.